The number of rotatable bonds is 3. The molecule has 0 saturated carbocycles. The van der Waals surface area contributed by atoms with Crippen molar-refractivity contribution in [3.63, 3.8) is 0 Å². The van der Waals surface area contributed by atoms with E-state index in [0.717, 1.165) is 11.6 Å². The Labute approximate surface area is 116 Å². The van der Waals surface area contributed by atoms with Crippen molar-refractivity contribution >= 4 is 5.91 Å². The van der Waals surface area contributed by atoms with E-state index >= 15 is 0 Å². The van der Waals surface area contributed by atoms with E-state index in [0.29, 0.717) is 0 Å². The maximum absolute atomic E-state index is 13.7. The lowest BCUT2D eigenvalue weighted by Crippen LogP contribution is -2.27. The Morgan fingerprint density at radius 2 is 1.95 bits per heavy atom. The molecule has 100 valence electrons. The highest BCUT2D eigenvalue weighted by Gasteiger charge is 2.15. The molecule has 1 atom stereocenters. The zero-order valence-electron chi connectivity index (χ0n) is 10.9. The topological polar surface area (TPSA) is 52.9 Å². The molecular weight excluding hydrogens is 255 g/mol. The minimum absolute atomic E-state index is 0.0632. The van der Waals surface area contributed by atoms with Crippen LogP contribution in [-0.2, 0) is 0 Å². The standard InChI is InChI=1S/C16H13FN2O/c1-11(13-5-3-2-4-6-13)19-16(20)14-8-7-12(10-18)9-15(14)17/h2-9,11H,1H3,(H,19,20)/t11-/m1/s1. The van der Waals surface area contributed by atoms with Gasteiger partial charge < -0.3 is 5.32 Å². The molecule has 2 rings (SSSR count). The quantitative estimate of drug-likeness (QED) is 0.929. The van der Waals surface area contributed by atoms with Gasteiger partial charge in [0.1, 0.15) is 5.82 Å². The summed E-state index contributed by atoms with van der Waals surface area (Å²) in [7, 11) is 0. The molecule has 0 unspecified atom stereocenters. The van der Waals surface area contributed by atoms with Crippen LogP contribution in [0.3, 0.4) is 0 Å². The van der Waals surface area contributed by atoms with E-state index in [2.05, 4.69) is 5.32 Å². The fourth-order valence-corrected chi connectivity index (χ4v) is 1.87. The molecule has 0 aliphatic carbocycles. The van der Waals surface area contributed by atoms with E-state index in [9.17, 15) is 9.18 Å². The summed E-state index contributed by atoms with van der Waals surface area (Å²) >= 11 is 0. The monoisotopic (exact) mass is 268 g/mol. The molecule has 0 spiro atoms. The highest BCUT2D eigenvalue weighted by Crippen LogP contribution is 2.14. The number of benzene rings is 2. The Bertz CT molecular complexity index is 662. The van der Waals surface area contributed by atoms with Gasteiger partial charge in [0.15, 0.2) is 0 Å². The minimum Gasteiger partial charge on any atom is -0.345 e. The Kier molecular flexibility index (Phi) is 4.11. The summed E-state index contributed by atoms with van der Waals surface area (Å²) < 4.78 is 13.7. The number of carbonyl (C=O) groups excluding carboxylic acids is 1. The van der Waals surface area contributed by atoms with Crippen molar-refractivity contribution in [2.24, 2.45) is 0 Å². The van der Waals surface area contributed by atoms with Crippen molar-refractivity contribution in [3.05, 3.63) is 71.0 Å². The molecule has 0 radical (unpaired) electrons. The fraction of sp³-hybridized carbons (Fsp3) is 0.125. The van der Waals surface area contributed by atoms with Gasteiger partial charge in [-0.1, -0.05) is 30.3 Å². The number of amides is 1. The molecule has 0 aliphatic rings. The van der Waals surface area contributed by atoms with Gasteiger partial charge in [0.25, 0.3) is 5.91 Å². The second-order valence-electron chi connectivity index (χ2n) is 4.41. The van der Waals surface area contributed by atoms with Crippen LogP contribution in [0.15, 0.2) is 48.5 Å². The summed E-state index contributed by atoms with van der Waals surface area (Å²) in [5, 5.41) is 11.4. The second kappa shape index (κ2) is 5.98. The molecular formula is C16H13FN2O. The maximum atomic E-state index is 13.7. The lowest BCUT2D eigenvalue weighted by molar-refractivity contribution is 0.0936. The number of carbonyl (C=O) groups is 1. The minimum atomic E-state index is -0.693. The summed E-state index contributed by atoms with van der Waals surface area (Å²) in [6, 6.07) is 14.8. The maximum Gasteiger partial charge on any atom is 0.254 e. The normalized spacial score (nSPS) is 11.4. The molecule has 2 aromatic rings. The third-order valence-corrected chi connectivity index (χ3v) is 2.99. The van der Waals surface area contributed by atoms with Crippen molar-refractivity contribution in [1.82, 2.24) is 5.32 Å². The number of nitrogens with one attached hydrogen (secondary N) is 1. The van der Waals surface area contributed by atoms with Crippen LogP contribution in [0.25, 0.3) is 0 Å². The van der Waals surface area contributed by atoms with Crippen molar-refractivity contribution in [2.75, 3.05) is 0 Å². The third kappa shape index (κ3) is 3.01. The Hall–Kier alpha value is -2.67. The van der Waals surface area contributed by atoms with Crippen molar-refractivity contribution < 1.29 is 9.18 Å². The lowest BCUT2D eigenvalue weighted by atomic mass is 10.1. The number of nitriles is 1. The van der Waals surface area contributed by atoms with E-state index in [4.69, 9.17) is 5.26 Å². The van der Waals surface area contributed by atoms with Crippen LogP contribution in [0.4, 0.5) is 4.39 Å². The first-order valence-electron chi connectivity index (χ1n) is 6.17. The number of hydrogen-bond acceptors (Lipinski definition) is 2. The highest BCUT2D eigenvalue weighted by atomic mass is 19.1. The molecule has 1 amide bonds. The zero-order valence-corrected chi connectivity index (χ0v) is 10.9. The van der Waals surface area contributed by atoms with Crippen LogP contribution in [0.1, 0.15) is 34.5 Å². The van der Waals surface area contributed by atoms with Gasteiger partial charge in [-0.3, -0.25) is 4.79 Å². The summed E-state index contributed by atoms with van der Waals surface area (Å²) in [5.41, 5.74) is 1.07. The largest absolute Gasteiger partial charge is 0.345 e. The zero-order chi connectivity index (χ0) is 14.5. The second-order valence-corrected chi connectivity index (χ2v) is 4.41. The Balaban J connectivity index is 2.15. The molecule has 0 bridgehead atoms. The smallest absolute Gasteiger partial charge is 0.254 e. The van der Waals surface area contributed by atoms with Gasteiger partial charge in [0.2, 0.25) is 0 Å². The molecule has 0 fully saturated rings. The van der Waals surface area contributed by atoms with E-state index in [-0.39, 0.29) is 17.2 Å². The predicted octanol–water partition coefficient (Wildman–Crippen LogP) is 3.19. The molecule has 0 heterocycles. The van der Waals surface area contributed by atoms with Crippen LogP contribution < -0.4 is 5.32 Å². The summed E-state index contributed by atoms with van der Waals surface area (Å²) in [5.74, 6) is -1.19. The average Bonchev–Trinajstić information content (AvgIpc) is 2.47. The van der Waals surface area contributed by atoms with Crippen molar-refractivity contribution in [1.29, 1.82) is 5.26 Å². The molecule has 3 nitrogen and oxygen atoms in total. The molecule has 20 heavy (non-hydrogen) atoms. The summed E-state index contributed by atoms with van der Waals surface area (Å²) in [6.45, 7) is 1.83. The molecule has 0 saturated heterocycles. The van der Waals surface area contributed by atoms with Gasteiger partial charge >= 0.3 is 0 Å². The van der Waals surface area contributed by atoms with Crippen molar-refractivity contribution in [3.8, 4) is 6.07 Å². The summed E-state index contributed by atoms with van der Waals surface area (Å²) in [6.07, 6.45) is 0. The molecule has 0 aliphatic heterocycles. The first kappa shape index (κ1) is 13.8. The van der Waals surface area contributed by atoms with E-state index in [1.165, 1.54) is 12.1 Å². The Morgan fingerprint density at radius 3 is 2.55 bits per heavy atom. The van der Waals surface area contributed by atoms with Gasteiger partial charge in [0, 0.05) is 0 Å². The SMILES string of the molecule is C[C@@H](NC(=O)c1ccc(C#N)cc1F)c1ccccc1. The van der Waals surface area contributed by atoms with Gasteiger partial charge in [-0.25, -0.2) is 4.39 Å². The van der Waals surface area contributed by atoms with Crippen LogP contribution in [-0.4, -0.2) is 5.91 Å². The van der Waals surface area contributed by atoms with Crippen molar-refractivity contribution in [2.45, 2.75) is 13.0 Å². The number of halogens is 1. The molecule has 4 heteroatoms. The van der Waals surface area contributed by atoms with Gasteiger partial charge in [-0.15, -0.1) is 0 Å². The van der Waals surface area contributed by atoms with E-state index < -0.39 is 11.7 Å². The molecule has 2 aromatic carbocycles. The first-order valence-corrected chi connectivity index (χ1v) is 6.17. The number of nitrogens with zero attached hydrogens (tertiary/aromatic N) is 1. The van der Waals surface area contributed by atoms with Gasteiger partial charge in [-0.05, 0) is 30.7 Å². The average molecular weight is 268 g/mol. The van der Waals surface area contributed by atoms with Gasteiger partial charge in [0.05, 0.1) is 23.2 Å². The number of hydrogen-bond donors (Lipinski definition) is 1. The van der Waals surface area contributed by atoms with Crippen LogP contribution >= 0.6 is 0 Å². The Morgan fingerprint density at radius 1 is 1.25 bits per heavy atom. The third-order valence-electron chi connectivity index (χ3n) is 2.99. The van der Waals surface area contributed by atoms with Crippen LogP contribution in [0, 0.1) is 17.1 Å². The first-order chi connectivity index (χ1) is 9.61. The fourth-order valence-electron chi connectivity index (χ4n) is 1.87. The molecule has 1 N–H and O–H groups in total. The van der Waals surface area contributed by atoms with Crippen LogP contribution in [0.5, 0.6) is 0 Å². The highest BCUT2D eigenvalue weighted by molar-refractivity contribution is 5.94. The predicted molar refractivity (Wildman–Crippen MR) is 73.4 cm³/mol. The van der Waals surface area contributed by atoms with Gasteiger partial charge in [-0.2, -0.15) is 5.26 Å². The summed E-state index contributed by atoms with van der Waals surface area (Å²) in [4.78, 5) is 12.0. The van der Waals surface area contributed by atoms with E-state index in [1.807, 2.05) is 43.3 Å². The molecule has 0 aromatic heterocycles. The van der Waals surface area contributed by atoms with E-state index in [1.54, 1.807) is 0 Å². The van der Waals surface area contributed by atoms with Crippen LogP contribution in [0.2, 0.25) is 0 Å². The lowest BCUT2D eigenvalue weighted by Gasteiger charge is -2.14.